The first-order valence-corrected chi connectivity index (χ1v) is 10.1. The normalized spacial score (nSPS) is 12.8. The molecule has 1 aromatic heterocycles. The number of rotatable bonds is 3. The van der Waals surface area contributed by atoms with Crippen molar-refractivity contribution in [2.24, 2.45) is 5.14 Å². The molecular weight excluding hydrogens is 373 g/mol. The van der Waals surface area contributed by atoms with Gasteiger partial charge in [-0.15, -0.1) is 0 Å². The molecule has 12 heteroatoms. The van der Waals surface area contributed by atoms with Crippen molar-refractivity contribution in [3.8, 4) is 0 Å². The highest BCUT2D eigenvalue weighted by Crippen LogP contribution is 2.37. The van der Waals surface area contributed by atoms with Crippen molar-refractivity contribution < 1.29 is 22.8 Å². The van der Waals surface area contributed by atoms with E-state index >= 15 is 0 Å². The first-order chi connectivity index (χ1) is 11.5. The summed E-state index contributed by atoms with van der Waals surface area (Å²) in [5.41, 5.74) is -2.10. The molecule has 0 amide bonds. The Hall–Kier alpha value is -2.30. The number of H-pyrrole nitrogens is 1. The van der Waals surface area contributed by atoms with Crippen LogP contribution in [-0.4, -0.2) is 27.8 Å². The quantitative estimate of drug-likeness (QED) is 0.270. The van der Waals surface area contributed by atoms with E-state index in [-0.39, 0.29) is 26.7 Å². The Kier molecular flexibility index (Phi) is 3.93. The number of benzene rings is 2. The largest absolute Gasteiger partial charge is 0.345 e. The third kappa shape index (κ3) is 3.15. The van der Waals surface area contributed by atoms with Crippen LogP contribution in [0.2, 0.25) is 0 Å². The molecule has 0 atom stereocenters. The maximum Gasteiger partial charge on any atom is 0.345 e. The van der Waals surface area contributed by atoms with Crippen molar-refractivity contribution in [1.29, 1.82) is 0 Å². The molecule has 0 bridgehead atoms. The predicted octanol–water partition coefficient (Wildman–Crippen LogP) is -0.374. The minimum Gasteiger partial charge on any atom is -0.323 e. The number of nitrogens with zero attached hydrogens (tertiary/aromatic N) is 1. The van der Waals surface area contributed by atoms with Gasteiger partial charge in [0.1, 0.15) is 6.29 Å². The van der Waals surface area contributed by atoms with Gasteiger partial charge in [0.15, 0.2) is 0 Å². The molecule has 0 spiro atoms. The van der Waals surface area contributed by atoms with E-state index < -0.39 is 35.0 Å². The van der Waals surface area contributed by atoms with E-state index in [2.05, 4.69) is 4.98 Å². The van der Waals surface area contributed by atoms with E-state index in [1.807, 2.05) is 0 Å². The first kappa shape index (κ1) is 17.5. The fraction of sp³-hybridized carbons (Fsp3) is 0.0769. The Balaban J connectivity index is 2.60. The van der Waals surface area contributed by atoms with Gasteiger partial charge in [-0.1, -0.05) is 18.2 Å². The summed E-state index contributed by atoms with van der Waals surface area (Å²) >= 11 is 0. The number of aromatic amines is 1. The van der Waals surface area contributed by atoms with Crippen LogP contribution < -0.4 is 16.3 Å². The number of primary sulfonamides is 1. The molecule has 5 N–H and O–H groups in total. The van der Waals surface area contributed by atoms with Crippen LogP contribution in [0.15, 0.2) is 44.8 Å². The Bertz CT molecular complexity index is 1290. The van der Waals surface area contributed by atoms with Crippen molar-refractivity contribution in [2.45, 2.75) is 11.2 Å². The second-order valence-electron chi connectivity index (χ2n) is 5.35. The molecule has 10 nitrogen and oxygen atoms in total. The van der Waals surface area contributed by atoms with Gasteiger partial charge >= 0.3 is 18.7 Å². The first-order valence-electron chi connectivity index (χ1n) is 6.75. The van der Waals surface area contributed by atoms with Crippen molar-refractivity contribution in [3.05, 3.63) is 51.0 Å². The van der Waals surface area contributed by atoms with E-state index in [1.54, 1.807) is 0 Å². The Morgan fingerprint density at radius 3 is 2.40 bits per heavy atom. The minimum atomic E-state index is -4.69. The van der Waals surface area contributed by atoms with Crippen LogP contribution in [0.1, 0.15) is 0 Å². The second kappa shape index (κ2) is 5.61. The molecule has 0 fully saturated rings. The van der Waals surface area contributed by atoms with E-state index in [0.717, 1.165) is 0 Å². The van der Waals surface area contributed by atoms with Gasteiger partial charge in [-0.3, -0.25) is 18.7 Å². The van der Waals surface area contributed by atoms with Crippen LogP contribution in [0.4, 0.5) is 0 Å². The molecule has 2 aromatic carbocycles. The Morgan fingerprint density at radius 2 is 1.80 bits per heavy atom. The highest BCUT2D eigenvalue weighted by molar-refractivity contribution is 7.89. The van der Waals surface area contributed by atoms with Crippen LogP contribution in [0.25, 0.3) is 21.8 Å². The second-order valence-corrected chi connectivity index (χ2v) is 8.49. The summed E-state index contributed by atoms with van der Waals surface area (Å²) < 4.78 is 35.5. The molecule has 1 heterocycles. The summed E-state index contributed by atoms with van der Waals surface area (Å²) in [4.78, 5) is 44.4. The highest BCUT2D eigenvalue weighted by Gasteiger charge is 2.21. The SMILES string of the molecule is NS(=O)(=O)c1cccc2c1ccc1[nH]c(=O)c(=O)n(CP(=O)(O)O)c12. The van der Waals surface area contributed by atoms with Crippen LogP contribution in [0.3, 0.4) is 0 Å². The van der Waals surface area contributed by atoms with Crippen molar-refractivity contribution >= 4 is 39.4 Å². The van der Waals surface area contributed by atoms with Gasteiger partial charge in [0.05, 0.1) is 15.9 Å². The van der Waals surface area contributed by atoms with E-state index in [9.17, 15) is 32.4 Å². The lowest BCUT2D eigenvalue weighted by molar-refractivity contribution is 0.362. The summed E-state index contributed by atoms with van der Waals surface area (Å²) in [6.07, 6.45) is -1.02. The lowest BCUT2D eigenvalue weighted by atomic mass is 10.1. The zero-order valence-electron chi connectivity index (χ0n) is 12.4. The van der Waals surface area contributed by atoms with Crippen molar-refractivity contribution in [3.63, 3.8) is 0 Å². The standard InChI is InChI=1S/C13H12N3O7PS/c14-25(22,23)10-3-1-2-8-7(10)4-5-9-11(8)16(6-24(19,20)21)13(18)12(17)15-9/h1-5H,6H2,(H,15,17)(H2,14,22,23)(H2,19,20,21). The monoisotopic (exact) mass is 385 g/mol. The average Bonchev–Trinajstić information content (AvgIpc) is 2.48. The Labute approximate surface area is 139 Å². The molecule has 25 heavy (non-hydrogen) atoms. The summed E-state index contributed by atoms with van der Waals surface area (Å²) in [6, 6.07) is 6.82. The molecular formula is C13H12N3O7PS. The van der Waals surface area contributed by atoms with Crippen LogP contribution >= 0.6 is 7.60 Å². The number of nitrogens with one attached hydrogen (secondary N) is 1. The topological polar surface area (TPSA) is 173 Å². The van der Waals surface area contributed by atoms with Gasteiger partial charge in [0.25, 0.3) is 0 Å². The molecule has 0 aliphatic carbocycles. The summed E-state index contributed by atoms with van der Waals surface area (Å²) in [5.74, 6) is 0. The van der Waals surface area contributed by atoms with E-state index in [1.165, 1.54) is 30.3 Å². The summed E-state index contributed by atoms with van der Waals surface area (Å²) in [5, 5.41) is 5.54. The summed E-state index contributed by atoms with van der Waals surface area (Å²) in [7, 11) is -8.77. The van der Waals surface area contributed by atoms with Crippen molar-refractivity contribution in [1.82, 2.24) is 9.55 Å². The van der Waals surface area contributed by atoms with Gasteiger partial charge in [0, 0.05) is 10.8 Å². The van der Waals surface area contributed by atoms with E-state index in [0.29, 0.717) is 4.57 Å². The fourth-order valence-electron chi connectivity index (χ4n) is 2.67. The predicted molar refractivity (Wildman–Crippen MR) is 89.8 cm³/mol. The molecule has 0 radical (unpaired) electrons. The van der Waals surface area contributed by atoms with E-state index in [4.69, 9.17) is 5.14 Å². The molecule has 0 saturated carbocycles. The Morgan fingerprint density at radius 1 is 1.12 bits per heavy atom. The zero-order valence-corrected chi connectivity index (χ0v) is 14.1. The third-order valence-corrected chi connectivity index (χ3v) is 5.20. The number of aromatic nitrogens is 2. The zero-order chi connectivity index (χ0) is 18.6. The number of hydrogen-bond acceptors (Lipinski definition) is 5. The maximum absolute atomic E-state index is 12.1. The van der Waals surface area contributed by atoms with Crippen LogP contribution in [0.5, 0.6) is 0 Å². The van der Waals surface area contributed by atoms with Gasteiger partial charge in [-0.2, -0.15) is 0 Å². The lowest BCUT2D eigenvalue weighted by Crippen LogP contribution is -2.36. The van der Waals surface area contributed by atoms with Crippen LogP contribution in [0, 0.1) is 0 Å². The average molecular weight is 385 g/mol. The van der Waals surface area contributed by atoms with Gasteiger partial charge in [-0.25, -0.2) is 13.6 Å². The molecule has 0 saturated heterocycles. The lowest BCUT2D eigenvalue weighted by Gasteiger charge is -2.14. The maximum atomic E-state index is 12.1. The smallest absolute Gasteiger partial charge is 0.323 e. The molecule has 3 rings (SSSR count). The highest BCUT2D eigenvalue weighted by atomic mass is 32.2. The molecule has 0 aliphatic heterocycles. The van der Waals surface area contributed by atoms with Crippen molar-refractivity contribution in [2.75, 3.05) is 0 Å². The number of nitrogens with two attached hydrogens (primary N) is 1. The molecule has 0 unspecified atom stereocenters. The molecule has 132 valence electrons. The van der Waals surface area contributed by atoms with Gasteiger partial charge < -0.3 is 14.8 Å². The van der Waals surface area contributed by atoms with Crippen LogP contribution in [-0.2, 0) is 20.9 Å². The number of sulfonamides is 1. The number of hydrogen-bond donors (Lipinski definition) is 4. The summed E-state index contributed by atoms with van der Waals surface area (Å²) in [6.45, 7) is 0. The molecule has 0 aliphatic rings. The van der Waals surface area contributed by atoms with Gasteiger partial charge in [0.2, 0.25) is 10.0 Å². The fourth-order valence-corrected chi connectivity index (χ4v) is 4.06. The minimum absolute atomic E-state index is 0.00377. The van der Waals surface area contributed by atoms with Gasteiger partial charge in [-0.05, 0) is 12.1 Å². The number of fused-ring (bicyclic) bond motifs is 3. The molecule has 3 aromatic rings. The third-order valence-electron chi connectivity index (χ3n) is 3.58.